The largest absolute Gasteiger partial charge is 0.450 e. The van der Waals surface area contributed by atoms with Gasteiger partial charge in [0.25, 0.3) is 0 Å². The van der Waals surface area contributed by atoms with E-state index in [1.54, 1.807) is 30.6 Å². The van der Waals surface area contributed by atoms with Gasteiger partial charge in [-0.3, -0.25) is 19.6 Å². The van der Waals surface area contributed by atoms with E-state index in [1.807, 2.05) is 0 Å². The van der Waals surface area contributed by atoms with Crippen molar-refractivity contribution in [3.05, 3.63) is 22.0 Å². The lowest BCUT2D eigenvalue weighted by Gasteiger charge is -2.35. The summed E-state index contributed by atoms with van der Waals surface area (Å²) < 4.78 is 6.30. The third-order valence-corrected chi connectivity index (χ3v) is 4.06. The van der Waals surface area contributed by atoms with Crippen LogP contribution in [0.15, 0.2) is 6.20 Å². The second kappa shape index (κ2) is 7.28. The Bertz CT molecular complexity index is 635. The van der Waals surface area contributed by atoms with E-state index in [-0.39, 0.29) is 17.7 Å². The molecule has 1 aliphatic rings. The van der Waals surface area contributed by atoms with Gasteiger partial charge in [-0.2, -0.15) is 5.10 Å². The molecular weight excluding hydrogens is 318 g/mol. The number of hydrogen-bond donors (Lipinski definition) is 0. The van der Waals surface area contributed by atoms with Crippen LogP contribution in [0.4, 0.5) is 10.5 Å². The number of hydrogen-bond acceptors (Lipinski definition) is 6. The Balaban J connectivity index is 2.00. The molecule has 1 fully saturated rings. The van der Waals surface area contributed by atoms with Crippen molar-refractivity contribution in [2.75, 3.05) is 32.8 Å². The fourth-order valence-corrected chi connectivity index (χ4v) is 2.68. The van der Waals surface area contributed by atoms with Crippen LogP contribution in [0.25, 0.3) is 0 Å². The molecule has 2 rings (SSSR count). The van der Waals surface area contributed by atoms with Gasteiger partial charge >= 0.3 is 11.8 Å². The van der Waals surface area contributed by atoms with Crippen LogP contribution in [0.5, 0.6) is 0 Å². The first-order chi connectivity index (χ1) is 11.4. The fraction of sp³-hybridized carbons (Fsp3) is 0.643. The van der Waals surface area contributed by atoms with E-state index >= 15 is 0 Å². The molecule has 1 saturated heterocycles. The summed E-state index contributed by atoms with van der Waals surface area (Å²) >= 11 is 0. The van der Waals surface area contributed by atoms with Crippen molar-refractivity contribution in [2.24, 2.45) is 0 Å². The minimum Gasteiger partial charge on any atom is -0.450 e. The van der Waals surface area contributed by atoms with E-state index in [9.17, 15) is 19.7 Å². The molecule has 10 heteroatoms. The molecule has 0 saturated carbocycles. The third kappa shape index (κ3) is 3.47. The molecule has 10 nitrogen and oxygen atoms in total. The zero-order valence-electron chi connectivity index (χ0n) is 14.0. The second-order valence-electron chi connectivity index (χ2n) is 5.50. The molecular formula is C14H21N5O5. The minimum absolute atomic E-state index is 0.109. The highest BCUT2D eigenvalue weighted by Crippen LogP contribution is 2.21. The number of carbonyl (C=O) groups excluding carboxylic acids is 2. The maximum absolute atomic E-state index is 12.6. The van der Waals surface area contributed by atoms with E-state index in [0.29, 0.717) is 38.5 Å². The molecule has 132 valence electrons. The molecule has 0 spiro atoms. The predicted octanol–water partition coefficient (Wildman–Crippen LogP) is 0.961. The van der Waals surface area contributed by atoms with Gasteiger partial charge in [0.2, 0.25) is 5.91 Å². The lowest BCUT2D eigenvalue weighted by atomic mass is 10.2. The molecule has 0 aliphatic carbocycles. The molecule has 2 amide bonds. The molecule has 1 atom stereocenters. The topological polar surface area (TPSA) is 111 Å². The Morgan fingerprint density at radius 3 is 2.42 bits per heavy atom. The highest BCUT2D eigenvalue weighted by molar-refractivity contribution is 5.80. The van der Waals surface area contributed by atoms with Gasteiger partial charge in [0.15, 0.2) is 0 Å². The van der Waals surface area contributed by atoms with E-state index < -0.39 is 11.0 Å². The van der Waals surface area contributed by atoms with Crippen LogP contribution in [-0.4, -0.2) is 69.3 Å². The number of nitro groups is 1. The first kappa shape index (κ1) is 17.7. The summed E-state index contributed by atoms with van der Waals surface area (Å²) in [5, 5.41) is 14.9. The van der Waals surface area contributed by atoms with E-state index in [2.05, 4.69) is 5.10 Å². The molecule has 1 aromatic rings. The van der Waals surface area contributed by atoms with Crippen molar-refractivity contribution in [3.8, 4) is 0 Å². The number of rotatable bonds is 4. The maximum Gasteiger partial charge on any atom is 0.409 e. The summed E-state index contributed by atoms with van der Waals surface area (Å²) in [7, 11) is 0. The van der Waals surface area contributed by atoms with Gasteiger partial charge in [-0.25, -0.2) is 4.79 Å². The number of nitrogens with zero attached hydrogens (tertiary/aromatic N) is 5. The fourth-order valence-electron chi connectivity index (χ4n) is 2.68. The van der Waals surface area contributed by atoms with Gasteiger partial charge < -0.3 is 14.5 Å². The molecule has 0 N–H and O–H groups in total. The van der Waals surface area contributed by atoms with Crippen LogP contribution in [-0.2, 0) is 9.53 Å². The van der Waals surface area contributed by atoms with Gasteiger partial charge in [0, 0.05) is 26.2 Å². The number of carbonyl (C=O) groups is 2. The zero-order valence-corrected chi connectivity index (χ0v) is 14.0. The molecule has 1 aromatic heterocycles. The van der Waals surface area contributed by atoms with E-state index in [0.717, 1.165) is 6.20 Å². The Morgan fingerprint density at radius 2 is 1.92 bits per heavy atom. The van der Waals surface area contributed by atoms with Crippen molar-refractivity contribution in [1.82, 2.24) is 19.6 Å². The summed E-state index contributed by atoms with van der Waals surface area (Å²) in [6, 6.07) is -0.646. The Labute approximate surface area is 139 Å². The first-order valence-electron chi connectivity index (χ1n) is 7.75. The van der Waals surface area contributed by atoms with E-state index in [4.69, 9.17) is 4.74 Å². The highest BCUT2D eigenvalue weighted by atomic mass is 16.6. The number of aromatic nitrogens is 2. The Morgan fingerprint density at radius 1 is 1.33 bits per heavy atom. The molecule has 0 radical (unpaired) electrons. The number of ether oxygens (including phenoxy) is 1. The average Bonchev–Trinajstić information content (AvgIpc) is 2.95. The lowest BCUT2D eigenvalue weighted by Crippen LogP contribution is -2.52. The van der Waals surface area contributed by atoms with Gasteiger partial charge in [0.1, 0.15) is 17.9 Å². The number of piperazine rings is 1. The second-order valence-corrected chi connectivity index (χ2v) is 5.50. The SMILES string of the molecule is CCOC(=O)N1CCN(C(=O)C(C)n2ncc([N+](=O)[O-])c2C)CC1. The first-order valence-corrected chi connectivity index (χ1v) is 7.75. The summed E-state index contributed by atoms with van der Waals surface area (Å²) in [6.45, 7) is 6.86. The summed E-state index contributed by atoms with van der Waals surface area (Å²) in [4.78, 5) is 37.8. The van der Waals surface area contributed by atoms with Crippen LogP contribution in [0, 0.1) is 17.0 Å². The van der Waals surface area contributed by atoms with Gasteiger partial charge in [-0.15, -0.1) is 0 Å². The molecule has 2 heterocycles. The smallest absolute Gasteiger partial charge is 0.409 e. The van der Waals surface area contributed by atoms with Gasteiger partial charge in [0.05, 0.1) is 11.5 Å². The van der Waals surface area contributed by atoms with Gasteiger partial charge in [-0.05, 0) is 20.8 Å². The van der Waals surface area contributed by atoms with Crippen molar-refractivity contribution >= 4 is 17.7 Å². The van der Waals surface area contributed by atoms with Crippen LogP contribution in [0.3, 0.4) is 0 Å². The quantitative estimate of drug-likeness (QED) is 0.597. The average molecular weight is 339 g/mol. The molecule has 24 heavy (non-hydrogen) atoms. The van der Waals surface area contributed by atoms with Crippen LogP contribution in [0.2, 0.25) is 0 Å². The summed E-state index contributed by atoms with van der Waals surface area (Å²) in [5.41, 5.74) is 0.229. The normalized spacial score (nSPS) is 16.0. The van der Waals surface area contributed by atoms with Crippen molar-refractivity contribution < 1.29 is 19.2 Å². The molecule has 1 aliphatic heterocycles. The minimum atomic E-state index is -0.646. The van der Waals surface area contributed by atoms with Crippen LogP contribution in [0.1, 0.15) is 25.6 Å². The Hall–Kier alpha value is -2.65. The maximum atomic E-state index is 12.6. The van der Waals surface area contributed by atoms with Crippen molar-refractivity contribution in [1.29, 1.82) is 0 Å². The third-order valence-electron chi connectivity index (χ3n) is 4.06. The van der Waals surface area contributed by atoms with Gasteiger partial charge in [-0.1, -0.05) is 0 Å². The van der Waals surface area contributed by atoms with Crippen LogP contribution >= 0.6 is 0 Å². The summed E-state index contributed by atoms with van der Waals surface area (Å²) in [5.74, 6) is -0.181. The lowest BCUT2D eigenvalue weighted by molar-refractivity contribution is -0.385. The monoisotopic (exact) mass is 339 g/mol. The summed E-state index contributed by atoms with van der Waals surface area (Å²) in [6.07, 6.45) is 0.772. The standard InChI is InChI=1S/C14H21N5O5/c1-4-24-14(21)17-7-5-16(6-8-17)13(20)11(3)18-10(2)12(9-15-18)19(22)23/h9,11H,4-8H2,1-3H3. The molecule has 0 aromatic carbocycles. The van der Waals surface area contributed by atoms with Crippen molar-refractivity contribution in [2.45, 2.75) is 26.8 Å². The van der Waals surface area contributed by atoms with Crippen molar-refractivity contribution in [3.63, 3.8) is 0 Å². The molecule has 1 unspecified atom stereocenters. The zero-order chi connectivity index (χ0) is 17.9. The predicted molar refractivity (Wildman–Crippen MR) is 83.5 cm³/mol. The highest BCUT2D eigenvalue weighted by Gasteiger charge is 2.30. The Kier molecular flexibility index (Phi) is 5.37. The number of amides is 2. The molecule has 0 bridgehead atoms. The van der Waals surface area contributed by atoms with E-state index in [1.165, 1.54) is 4.68 Å². The van der Waals surface area contributed by atoms with Crippen LogP contribution < -0.4 is 0 Å².